The third kappa shape index (κ3) is 2.66. The Morgan fingerprint density at radius 1 is 1.32 bits per heavy atom. The van der Waals surface area contributed by atoms with Crippen LogP contribution >= 0.6 is 0 Å². The Balaban J connectivity index is 2.17. The average Bonchev–Trinajstić information content (AvgIpc) is 2.70. The molecule has 0 spiro atoms. The summed E-state index contributed by atoms with van der Waals surface area (Å²) < 4.78 is 31.4. The molecular formula is C12H17N3O3S. The smallest absolute Gasteiger partial charge is 0.248 e. The molecule has 1 aromatic rings. The van der Waals surface area contributed by atoms with E-state index in [4.69, 9.17) is 10.9 Å². The number of piperazine rings is 1. The summed E-state index contributed by atoms with van der Waals surface area (Å²) in [5.41, 5.74) is 0.406. The number of rotatable bonds is 3. The normalized spacial score (nSPS) is 18.4. The molecule has 2 heterocycles. The zero-order valence-electron chi connectivity index (χ0n) is 11.1. The molecule has 0 aliphatic carbocycles. The zero-order valence-corrected chi connectivity index (χ0v) is 11.9. The number of nitrogens with zero attached hydrogens (tertiary/aromatic N) is 3. The van der Waals surface area contributed by atoms with Gasteiger partial charge in [0.05, 0.1) is 6.54 Å². The summed E-state index contributed by atoms with van der Waals surface area (Å²) in [6.07, 6.45) is 5.25. The third-order valence-corrected chi connectivity index (χ3v) is 5.36. The Hall–Kier alpha value is -1.36. The molecule has 0 atom stereocenters. The predicted molar refractivity (Wildman–Crippen MR) is 70.0 cm³/mol. The van der Waals surface area contributed by atoms with Crippen molar-refractivity contribution >= 4 is 10.0 Å². The fourth-order valence-corrected chi connectivity index (χ4v) is 3.94. The second-order valence-electron chi connectivity index (χ2n) is 4.54. The van der Waals surface area contributed by atoms with Crippen molar-refractivity contribution in [2.45, 2.75) is 18.7 Å². The molecule has 0 saturated carbocycles. The van der Waals surface area contributed by atoms with Crippen molar-refractivity contribution < 1.29 is 12.9 Å². The Morgan fingerprint density at radius 3 is 2.42 bits per heavy atom. The van der Waals surface area contributed by atoms with E-state index in [0.717, 1.165) is 0 Å². The summed E-state index contributed by atoms with van der Waals surface area (Å²) in [4.78, 5) is 2.25. The van der Waals surface area contributed by atoms with E-state index in [0.29, 0.717) is 44.2 Å². The second kappa shape index (κ2) is 5.33. The van der Waals surface area contributed by atoms with E-state index in [1.807, 2.05) is 0 Å². The summed E-state index contributed by atoms with van der Waals surface area (Å²) in [5, 5.41) is 3.70. The minimum Gasteiger partial charge on any atom is -0.360 e. The highest BCUT2D eigenvalue weighted by molar-refractivity contribution is 7.89. The van der Waals surface area contributed by atoms with Crippen molar-refractivity contribution in [2.24, 2.45) is 0 Å². The lowest BCUT2D eigenvalue weighted by Crippen LogP contribution is -2.48. The fourth-order valence-electron chi connectivity index (χ4n) is 2.23. The van der Waals surface area contributed by atoms with Crippen molar-refractivity contribution in [2.75, 3.05) is 32.7 Å². The van der Waals surface area contributed by atoms with Crippen LogP contribution in [0, 0.1) is 26.2 Å². The molecule has 1 saturated heterocycles. The Morgan fingerprint density at radius 2 is 1.95 bits per heavy atom. The average molecular weight is 283 g/mol. The lowest BCUT2D eigenvalue weighted by molar-refractivity contribution is 0.207. The molecular weight excluding hydrogens is 266 g/mol. The molecule has 1 aromatic heterocycles. The molecule has 104 valence electrons. The number of hydrogen-bond donors (Lipinski definition) is 0. The van der Waals surface area contributed by atoms with Gasteiger partial charge >= 0.3 is 0 Å². The Bertz CT molecular complexity index is 573. The van der Waals surface area contributed by atoms with Gasteiger partial charge in [0.1, 0.15) is 10.6 Å². The van der Waals surface area contributed by atoms with Crippen LogP contribution in [0.3, 0.4) is 0 Å². The number of aryl methyl sites for hydroxylation is 2. The highest BCUT2D eigenvalue weighted by Gasteiger charge is 2.32. The van der Waals surface area contributed by atoms with E-state index >= 15 is 0 Å². The SMILES string of the molecule is C#CCN1CCN(S(=O)(=O)c2c(C)noc2C)CC1. The molecule has 1 aliphatic rings. The molecule has 0 aromatic carbocycles. The first kappa shape index (κ1) is 14.1. The van der Waals surface area contributed by atoms with E-state index in [1.54, 1.807) is 13.8 Å². The van der Waals surface area contributed by atoms with Gasteiger partial charge in [-0.15, -0.1) is 6.42 Å². The number of hydrogen-bond acceptors (Lipinski definition) is 5. The van der Waals surface area contributed by atoms with Crippen LogP contribution in [-0.4, -0.2) is 55.5 Å². The Labute approximate surface area is 113 Å². The zero-order chi connectivity index (χ0) is 14.0. The van der Waals surface area contributed by atoms with Gasteiger partial charge in [-0.2, -0.15) is 4.31 Å². The van der Waals surface area contributed by atoms with Crippen LogP contribution in [0.5, 0.6) is 0 Å². The molecule has 2 rings (SSSR count). The van der Waals surface area contributed by atoms with Crippen LogP contribution in [0.2, 0.25) is 0 Å². The monoisotopic (exact) mass is 283 g/mol. The van der Waals surface area contributed by atoms with E-state index in [1.165, 1.54) is 4.31 Å². The van der Waals surface area contributed by atoms with E-state index in [2.05, 4.69) is 16.0 Å². The Kier molecular flexibility index (Phi) is 3.94. The van der Waals surface area contributed by atoms with Gasteiger partial charge in [0, 0.05) is 26.2 Å². The molecule has 19 heavy (non-hydrogen) atoms. The maximum Gasteiger partial charge on any atom is 0.248 e. The quantitative estimate of drug-likeness (QED) is 0.743. The fraction of sp³-hybridized carbons (Fsp3) is 0.583. The summed E-state index contributed by atoms with van der Waals surface area (Å²) in [6, 6.07) is 0. The summed E-state index contributed by atoms with van der Waals surface area (Å²) in [6.45, 7) is 5.97. The van der Waals surface area contributed by atoms with Gasteiger partial charge in [-0.1, -0.05) is 11.1 Å². The molecule has 0 bridgehead atoms. The first-order chi connectivity index (χ1) is 8.96. The topological polar surface area (TPSA) is 66.7 Å². The maximum atomic E-state index is 12.5. The lowest BCUT2D eigenvalue weighted by Gasteiger charge is -2.32. The van der Waals surface area contributed by atoms with Crippen LogP contribution in [-0.2, 0) is 10.0 Å². The van der Waals surface area contributed by atoms with E-state index in [-0.39, 0.29) is 4.90 Å². The minimum absolute atomic E-state index is 0.192. The van der Waals surface area contributed by atoms with Crippen molar-refractivity contribution in [3.8, 4) is 12.3 Å². The molecule has 0 N–H and O–H groups in total. The minimum atomic E-state index is -3.52. The molecule has 6 nitrogen and oxygen atoms in total. The molecule has 1 fully saturated rings. The van der Waals surface area contributed by atoms with Crippen molar-refractivity contribution in [1.29, 1.82) is 0 Å². The van der Waals surface area contributed by atoms with Crippen molar-refractivity contribution in [3.63, 3.8) is 0 Å². The second-order valence-corrected chi connectivity index (χ2v) is 6.41. The number of aromatic nitrogens is 1. The summed E-state index contributed by atoms with van der Waals surface area (Å²) >= 11 is 0. The molecule has 0 unspecified atom stereocenters. The van der Waals surface area contributed by atoms with E-state index < -0.39 is 10.0 Å². The third-order valence-electron chi connectivity index (χ3n) is 3.21. The lowest BCUT2D eigenvalue weighted by atomic mass is 10.3. The van der Waals surface area contributed by atoms with Gasteiger partial charge in [0.25, 0.3) is 0 Å². The van der Waals surface area contributed by atoms with Gasteiger partial charge < -0.3 is 4.52 Å². The highest BCUT2D eigenvalue weighted by atomic mass is 32.2. The van der Waals surface area contributed by atoms with Gasteiger partial charge in [0.2, 0.25) is 10.0 Å². The number of terminal acetylenes is 1. The first-order valence-electron chi connectivity index (χ1n) is 6.05. The maximum absolute atomic E-state index is 12.5. The summed E-state index contributed by atoms with van der Waals surface area (Å²) in [5.74, 6) is 2.91. The van der Waals surface area contributed by atoms with Crippen LogP contribution in [0.25, 0.3) is 0 Å². The standard InChI is InChI=1S/C12H17N3O3S/c1-4-5-14-6-8-15(9-7-14)19(16,17)12-10(2)13-18-11(12)3/h1H,5-9H2,2-3H3. The van der Waals surface area contributed by atoms with Gasteiger partial charge in [-0.3, -0.25) is 4.90 Å². The molecule has 0 amide bonds. The number of sulfonamides is 1. The van der Waals surface area contributed by atoms with Crippen molar-refractivity contribution in [3.05, 3.63) is 11.5 Å². The van der Waals surface area contributed by atoms with Crippen LogP contribution in [0.4, 0.5) is 0 Å². The molecule has 7 heteroatoms. The van der Waals surface area contributed by atoms with Gasteiger partial charge in [0.15, 0.2) is 5.76 Å². The van der Waals surface area contributed by atoms with Gasteiger partial charge in [-0.25, -0.2) is 8.42 Å². The van der Waals surface area contributed by atoms with Crippen LogP contribution in [0.1, 0.15) is 11.5 Å². The molecule has 1 aliphatic heterocycles. The van der Waals surface area contributed by atoms with Crippen molar-refractivity contribution in [1.82, 2.24) is 14.4 Å². The largest absolute Gasteiger partial charge is 0.360 e. The first-order valence-corrected chi connectivity index (χ1v) is 7.49. The van der Waals surface area contributed by atoms with Crippen LogP contribution in [0.15, 0.2) is 9.42 Å². The van der Waals surface area contributed by atoms with E-state index in [9.17, 15) is 8.42 Å². The summed E-state index contributed by atoms with van der Waals surface area (Å²) in [7, 11) is -3.52. The highest BCUT2D eigenvalue weighted by Crippen LogP contribution is 2.23. The predicted octanol–water partition coefficient (Wildman–Crippen LogP) is 0.231. The van der Waals surface area contributed by atoms with Crippen LogP contribution < -0.4 is 0 Å². The molecule has 0 radical (unpaired) electrons. The van der Waals surface area contributed by atoms with Gasteiger partial charge in [-0.05, 0) is 13.8 Å².